The molecule has 33 heavy (non-hydrogen) atoms. The van der Waals surface area contributed by atoms with Crippen LogP contribution in [-0.4, -0.2) is 61.6 Å². The first kappa shape index (κ1) is 21.1. The van der Waals surface area contributed by atoms with Crippen molar-refractivity contribution in [3.63, 3.8) is 0 Å². The summed E-state index contributed by atoms with van der Waals surface area (Å²) in [5.41, 5.74) is 9.95. The first-order valence-corrected chi connectivity index (χ1v) is 11.1. The quantitative estimate of drug-likeness (QED) is 0.462. The summed E-state index contributed by atoms with van der Waals surface area (Å²) in [6.07, 6.45) is 9.73. The van der Waals surface area contributed by atoms with Gasteiger partial charge in [0.25, 0.3) is 5.91 Å². The number of nitrogens with two attached hydrogens (primary N) is 1. The SMILES string of the molecule is CCc1cnn2ccc(-c3nc(C(=O)NC[C@@H]4CCCN4C)c(N)nc3-c3ncco3)cc12. The number of oxazole rings is 1. The molecule has 0 aliphatic carbocycles. The fraction of sp³-hybridized carbons (Fsp3) is 0.348. The highest BCUT2D eigenvalue weighted by Crippen LogP contribution is 2.31. The number of hydrogen-bond acceptors (Lipinski definition) is 8. The second-order valence-electron chi connectivity index (χ2n) is 8.25. The van der Waals surface area contributed by atoms with E-state index in [1.54, 1.807) is 0 Å². The van der Waals surface area contributed by atoms with Crippen molar-refractivity contribution in [2.45, 2.75) is 32.2 Å². The van der Waals surface area contributed by atoms with Gasteiger partial charge in [-0.25, -0.2) is 19.5 Å². The number of nitrogens with one attached hydrogen (secondary N) is 1. The molecule has 0 radical (unpaired) electrons. The summed E-state index contributed by atoms with van der Waals surface area (Å²) in [7, 11) is 2.07. The minimum Gasteiger partial charge on any atom is -0.443 e. The van der Waals surface area contributed by atoms with Gasteiger partial charge in [0.1, 0.15) is 12.0 Å². The van der Waals surface area contributed by atoms with E-state index in [0.717, 1.165) is 42.5 Å². The van der Waals surface area contributed by atoms with Crippen molar-refractivity contribution in [2.75, 3.05) is 25.9 Å². The van der Waals surface area contributed by atoms with Crippen molar-refractivity contribution in [3.05, 3.63) is 48.2 Å². The Morgan fingerprint density at radius 1 is 1.33 bits per heavy atom. The minimum absolute atomic E-state index is 0.0314. The molecule has 1 amide bonds. The van der Waals surface area contributed by atoms with Crippen LogP contribution in [0.25, 0.3) is 28.4 Å². The summed E-state index contributed by atoms with van der Waals surface area (Å²) in [5, 5.41) is 7.36. The molecule has 1 fully saturated rings. The topological polar surface area (TPSA) is 127 Å². The van der Waals surface area contributed by atoms with Crippen LogP contribution >= 0.6 is 0 Å². The number of fused-ring (bicyclic) bond motifs is 1. The van der Waals surface area contributed by atoms with Crippen LogP contribution in [0, 0.1) is 0 Å². The molecule has 5 rings (SSSR count). The molecular formula is C23H26N8O2. The average Bonchev–Trinajstić information content (AvgIpc) is 3.58. The van der Waals surface area contributed by atoms with Crippen molar-refractivity contribution in [2.24, 2.45) is 0 Å². The monoisotopic (exact) mass is 446 g/mol. The molecule has 0 unspecified atom stereocenters. The van der Waals surface area contributed by atoms with Crippen molar-refractivity contribution >= 4 is 17.2 Å². The molecule has 170 valence electrons. The third-order valence-electron chi connectivity index (χ3n) is 6.20. The molecule has 0 aromatic carbocycles. The Kier molecular flexibility index (Phi) is 5.51. The number of hydrogen-bond donors (Lipinski definition) is 2. The van der Waals surface area contributed by atoms with Crippen LogP contribution in [0.3, 0.4) is 0 Å². The van der Waals surface area contributed by atoms with E-state index in [4.69, 9.17) is 10.2 Å². The minimum atomic E-state index is -0.347. The Labute approximate surface area is 190 Å². The lowest BCUT2D eigenvalue weighted by Gasteiger charge is -2.19. The molecule has 4 aromatic heterocycles. The van der Waals surface area contributed by atoms with Crippen LogP contribution < -0.4 is 11.1 Å². The molecule has 10 heteroatoms. The lowest BCUT2D eigenvalue weighted by Crippen LogP contribution is -2.38. The standard InChI is InChI=1S/C23H26N8O2/c1-3-14-12-27-31-9-6-15(11-17(14)31)18-19(23-25-7-10-33-23)29-21(24)20(28-18)22(32)26-13-16-5-4-8-30(16)2/h6-7,9-12,16H,3-5,8,13H2,1-2H3,(H2,24,29)(H,26,32)/t16-/m0/s1. The molecule has 1 aliphatic heterocycles. The van der Waals surface area contributed by atoms with Gasteiger partial charge in [-0.1, -0.05) is 6.92 Å². The Morgan fingerprint density at radius 3 is 2.94 bits per heavy atom. The summed E-state index contributed by atoms with van der Waals surface area (Å²) in [6, 6.07) is 4.17. The van der Waals surface area contributed by atoms with Crippen LogP contribution in [0.15, 0.2) is 41.4 Å². The summed E-state index contributed by atoms with van der Waals surface area (Å²) >= 11 is 0. The summed E-state index contributed by atoms with van der Waals surface area (Å²) in [6.45, 7) is 3.65. The maximum absolute atomic E-state index is 13.0. The predicted molar refractivity (Wildman–Crippen MR) is 123 cm³/mol. The average molecular weight is 447 g/mol. The molecule has 5 heterocycles. The van der Waals surface area contributed by atoms with Gasteiger partial charge >= 0.3 is 0 Å². The molecule has 0 bridgehead atoms. The summed E-state index contributed by atoms with van der Waals surface area (Å²) in [5.74, 6) is -0.0306. The number of aromatic nitrogens is 5. The van der Waals surface area contributed by atoms with Gasteiger partial charge in [0.15, 0.2) is 17.2 Å². The lowest BCUT2D eigenvalue weighted by atomic mass is 10.1. The smallest absolute Gasteiger partial charge is 0.273 e. The Hall–Kier alpha value is -3.79. The van der Waals surface area contributed by atoms with Crippen LogP contribution in [0.2, 0.25) is 0 Å². The second kappa shape index (κ2) is 8.62. The molecule has 0 saturated carbocycles. The number of anilines is 1. The molecule has 3 N–H and O–H groups in total. The van der Waals surface area contributed by atoms with Crippen LogP contribution in [-0.2, 0) is 6.42 Å². The zero-order valence-electron chi connectivity index (χ0n) is 18.7. The number of carbonyl (C=O) groups excluding carboxylic acids is 1. The molecule has 1 aliphatic rings. The number of likely N-dealkylation sites (tertiary alicyclic amines) is 1. The predicted octanol–water partition coefficient (Wildman–Crippen LogP) is 2.41. The summed E-state index contributed by atoms with van der Waals surface area (Å²) < 4.78 is 7.30. The molecule has 10 nitrogen and oxygen atoms in total. The highest BCUT2D eigenvalue weighted by atomic mass is 16.3. The van der Waals surface area contributed by atoms with Crippen LogP contribution in [0.1, 0.15) is 35.8 Å². The first-order chi connectivity index (χ1) is 16.0. The van der Waals surface area contributed by atoms with E-state index in [1.807, 2.05) is 29.0 Å². The number of rotatable bonds is 6. The highest BCUT2D eigenvalue weighted by Gasteiger charge is 2.25. The van der Waals surface area contributed by atoms with Gasteiger partial charge in [-0.3, -0.25) is 4.79 Å². The molecule has 1 saturated heterocycles. The van der Waals surface area contributed by atoms with Gasteiger partial charge < -0.3 is 20.4 Å². The number of nitrogens with zero attached hydrogens (tertiary/aromatic N) is 6. The zero-order valence-corrected chi connectivity index (χ0v) is 18.7. The number of pyridine rings is 1. The fourth-order valence-electron chi connectivity index (χ4n) is 4.29. The normalized spacial score (nSPS) is 16.5. The van der Waals surface area contributed by atoms with Gasteiger partial charge in [-0.15, -0.1) is 0 Å². The Morgan fingerprint density at radius 2 is 2.21 bits per heavy atom. The fourth-order valence-corrected chi connectivity index (χ4v) is 4.29. The Balaban J connectivity index is 1.56. The van der Waals surface area contributed by atoms with E-state index in [9.17, 15) is 4.79 Å². The largest absolute Gasteiger partial charge is 0.443 e. The number of aryl methyl sites for hydroxylation is 1. The zero-order chi connectivity index (χ0) is 22.9. The first-order valence-electron chi connectivity index (χ1n) is 11.1. The van der Waals surface area contributed by atoms with E-state index in [1.165, 1.54) is 12.5 Å². The number of likely N-dealkylation sites (N-methyl/N-ethyl adjacent to an activating group) is 1. The van der Waals surface area contributed by atoms with Gasteiger partial charge in [-0.05, 0) is 50.6 Å². The van der Waals surface area contributed by atoms with Crippen LogP contribution in [0.5, 0.6) is 0 Å². The number of carbonyl (C=O) groups is 1. The third kappa shape index (κ3) is 3.93. The van der Waals surface area contributed by atoms with E-state index < -0.39 is 0 Å². The molecular weight excluding hydrogens is 420 g/mol. The maximum atomic E-state index is 13.0. The van der Waals surface area contributed by atoms with E-state index in [-0.39, 0.29) is 23.3 Å². The second-order valence-corrected chi connectivity index (χ2v) is 8.25. The molecule has 1 atom stereocenters. The maximum Gasteiger partial charge on any atom is 0.273 e. The molecule has 4 aromatic rings. The van der Waals surface area contributed by atoms with Gasteiger partial charge in [0.2, 0.25) is 5.89 Å². The highest BCUT2D eigenvalue weighted by molar-refractivity contribution is 5.97. The molecule has 0 spiro atoms. The number of nitrogen functional groups attached to an aromatic ring is 1. The van der Waals surface area contributed by atoms with E-state index in [0.29, 0.717) is 24.0 Å². The van der Waals surface area contributed by atoms with Crippen LogP contribution in [0.4, 0.5) is 5.82 Å². The van der Waals surface area contributed by atoms with Gasteiger partial charge in [0, 0.05) is 24.3 Å². The van der Waals surface area contributed by atoms with Crippen molar-refractivity contribution in [1.29, 1.82) is 0 Å². The van der Waals surface area contributed by atoms with Gasteiger partial charge in [-0.2, -0.15) is 5.10 Å². The Bertz CT molecular complexity index is 1300. The third-order valence-corrected chi connectivity index (χ3v) is 6.20. The van der Waals surface area contributed by atoms with Crippen molar-refractivity contribution in [3.8, 4) is 22.8 Å². The van der Waals surface area contributed by atoms with E-state index >= 15 is 0 Å². The lowest BCUT2D eigenvalue weighted by molar-refractivity contribution is 0.0939. The number of amides is 1. The van der Waals surface area contributed by atoms with Gasteiger partial charge in [0.05, 0.1) is 17.9 Å². The summed E-state index contributed by atoms with van der Waals surface area (Å²) in [4.78, 5) is 28.6. The van der Waals surface area contributed by atoms with Crippen molar-refractivity contribution in [1.82, 2.24) is 34.8 Å². The van der Waals surface area contributed by atoms with E-state index in [2.05, 4.69) is 44.2 Å². The van der Waals surface area contributed by atoms with Crippen molar-refractivity contribution < 1.29 is 9.21 Å².